The summed E-state index contributed by atoms with van der Waals surface area (Å²) in [5.74, 6) is 0.808. The van der Waals surface area contributed by atoms with Crippen molar-refractivity contribution in [2.24, 2.45) is 11.7 Å². The van der Waals surface area contributed by atoms with E-state index in [2.05, 4.69) is 0 Å². The third-order valence-electron chi connectivity index (χ3n) is 4.74. The van der Waals surface area contributed by atoms with Crippen molar-refractivity contribution in [3.8, 4) is 0 Å². The van der Waals surface area contributed by atoms with E-state index in [9.17, 15) is 0 Å². The average Bonchev–Trinajstić information content (AvgIpc) is 2.66. The van der Waals surface area contributed by atoms with Gasteiger partial charge in [-0.3, -0.25) is 0 Å². The molecule has 0 unspecified atom stereocenters. The minimum absolute atomic E-state index is 0.0462. The van der Waals surface area contributed by atoms with Crippen LogP contribution in [0.3, 0.4) is 0 Å². The Hall–Kier alpha value is -0.0800. The van der Waals surface area contributed by atoms with Gasteiger partial charge in [-0.25, -0.2) is 0 Å². The Bertz CT molecular complexity index is 203. The van der Waals surface area contributed by atoms with E-state index in [4.69, 9.17) is 10.5 Å². The van der Waals surface area contributed by atoms with Gasteiger partial charge in [0.05, 0.1) is 12.2 Å². The van der Waals surface area contributed by atoms with E-state index in [1.165, 1.54) is 70.6 Å². The number of hydrogen-bond donors (Lipinski definition) is 1. The van der Waals surface area contributed by atoms with Crippen LogP contribution in [0.2, 0.25) is 0 Å². The second-order valence-electron chi connectivity index (χ2n) is 6.12. The SMILES string of the molecule is NCC1(OCC2CCCCCC2)CCCCC1. The zero-order chi connectivity index (χ0) is 12.0. The van der Waals surface area contributed by atoms with Gasteiger partial charge in [0, 0.05) is 6.54 Å². The minimum Gasteiger partial charge on any atom is -0.373 e. The maximum Gasteiger partial charge on any atom is 0.0804 e. The first-order valence-corrected chi connectivity index (χ1v) is 7.69. The molecule has 0 heterocycles. The topological polar surface area (TPSA) is 35.2 Å². The molecule has 0 radical (unpaired) electrons. The van der Waals surface area contributed by atoms with Crippen LogP contribution >= 0.6 is 0 Å². The van der Waals surface area contributed by atoms with Crippen LogP contribution in [0.4, 0.5) is 0 Å². The highest BCUT2D eigenvalue weighted by Gasteiger charge is 2.32. The molecule has 2 rings (SSSR count). The first-order chi connectivity index (χ1) is 8.35. The van der Waals surface area contributed by atoms with Gasteiger partial charge in [0.15, 0.2) is 0 Å². The molecule has 0 atom stereocenters. The van der Waals surface area contributed by atoms with Crippen LogP contribution < -0.4 is 5.73 Å². The molecule has 2 heteroatoms. The lowest BCUT2D eigenvalue weighted by Gasteiger charge is -2.37. The molecule has 0 aromatic carbocycles. The summed E-state index contributed by atoms with van der Waals surface area (Å²) in [7, 11) is 0. The normalized spacial score (nSPS) is 26.6. The molecule has 2 fully saturated rings. The van der Waals surface area contributed by atoms with E-state index in [1.807, 2.05) is 0 Å². The first-order valence-electron chi connectivity index (χ1n) is 7.69. The minimum atomic E-state index is 0.0462. The average molecular weight is 239 g/mol. The third-order valence-corrected chi connectivity index (χ3v) is 4.74. The zero-order valence-electron chi connectivity index (χ0n) is 11.3. The highest BCUT2D eigenvalue weighted by Crippen LogP contribution is 2.32. The Morgan fingerprint density at radius 3 is 2.06 bits per heavy atom. The van der Waals surface area contributed by atoms with Gasteiger partial charge in [-0.05, 0) is 31.6 Å². The van der Waals surface area contributed by atoms with Gasteiger partial charge in [0.25, 0.3) is 0 Å². The summed E-state index contributed by atoms with van der Waals surface area (Å²) < 4.78 is 6.29. The van der Waals surface area contributed by atoms with Gasteiger partial charge < -0.3 is 10.5 Å². The highest BCUT2D eigenvalue weighted by atomic mass is 16.5. The van der Waals surface area contributed by atoms with Gasteiger partial charge in [-0.2, -0.15) is 0 Å². The van der Waals surface area contributed by atoms with Crippen LogP contribution in [0, 0.1) is 5.92 Å². The molecule has 0 aromatic rings. The molecule has 2 nitrogen and oxygen atoms in total. The highest BCUT2D eigenvalue weighted by molar-refractivity contribution is 4.85. The van der Waals surface area contributed by atoms with Gasteiger partial charge in [-0.1, -0.05) is 44.9 Å². The Labute approximate surface area is 106 Å². The van der Waals surface area contributed by atoms with E-state index in [0.29, 0.717) is 0 Å². The monoisotopic (exact) mass is 239 g/mol. The molecule has 0 saturated heterocycles. The molecule has 0 amide bonds. The van der Waals surface area contributed by atoms with Gasteiger partial charge >= 0.3 is 0 Å². The van der Waals surface area contributed by atoms with Crippen LogP contribution in [-0.4, -0.2) is 18.8 Å². The summed E-state index contributed by atoms with van der Waals surface area (Å²) in [6, 6.07) is 0. The summed E-state index contributed by atoms with van der Waals surface area (Å²) in [5, 5.41) is 0. The van der Waals surface area contributed by atoms with Crippen molar-refractivity contribution in [3.05, 3.63) is 0 Å². The van der Waals surface area contributed by atoms with Crippen LogP contribution in [0.1, 0.15) is 70.6 Å². The van der Waals surface area contributed by atoms with Crippen LogP contribution in [0.15, 0.2) is 0 Å². The molecule has 0 aromatic heterocycles. The summed E-state index contributed by atoms with van der Waals surface area (Å²) in [5.41, 5.74) is 6.01. The van der Waals surface area contributed by atoms with E-state index < -0.39 is 0 Å². The lowest BCUT2D eigenvalue weighted by Crippen LogP contribution is -2.43. The van der Waals surface area contributed by atoms with Crippen molar-refractivity contribution in [1.29, 1.82) is 0 Å². The summed E-state index contributed by atoms with van der Waals surface area (Å²) >= 11 is 0. The number of hydrogen-bond acceptors (Lipinski definition) is 2. The number of nitrogens with two attached hydrogens (primary N) is 1. The zero-order valence-corrected chi connectivity index (χ0v) is 11.3. The Morgan fingerprint density at radius 1 is 0.882 bits per heavy atom. The van der Waals surface area contributed by atoms with Crippen LogP contribution in [0.5, 0.6) is 0 Å². The molecule has 17 heavy (non-hydrogen) atoms. The van der Waals surface area contributed by atoms with Crippen LogP contribution in [0.25, 0.3) is 0 Å². The quantitative estimate of drug-likeness (QED) is 0.760. The summed E-state index contributed by atoms with van der Waals surface area (Å²) in [6.07, 6.45) is 14.8. The first kappa shape index (κ1) is 13.4. The molecule has 2 saturated carbocycles. The lowest BCUT2D eigenvalue weighted by molar-refractivity contribution is -0.0781. The smallest absolute Gasteiger partial charge is 0.0804 e. The maximum atomic E-state index is 6.29. The molecule has 0 aliphatic heterocycles. The fourth-order valence-corrected chi connectivity index (χ4v) is 3.43. The van der Waals surface area contributed by atoms with Gasteiger partial charge in [-0.15, -0.1) is 0 Å². The van der Waals surface area contributed by atoms with Crippen LogP contribution in [-0.2, 0) is 4.74 Å². The Balaban J connectivity index is 1.77. The molecular weight excluding hydrogens is 210 g/mol. The van der Waals surface area contributed by atoms with Crippen molar-refractivity contribution in [3.63, 3.8) is 0 Å². The van der Waals surface area contributed by atoms with E-state index in [-0.39, 0.29) is 5.60 Å². The molecule has 2 N–H and O–H groups in total. The largest absolute Gasteiger partial charge is 0.373 e. The molecule has 0 spiro atoms. The maximum absolute atomic E-state index is 6.29. The third kappa shape index (κ3) is 3.96. The van der Waals surface area contributed by atoms with Crippen molar-refractivity contribution < 1.29 is 4.74 Å². The second-order valence-corrected chi connectivity index (χ2v) is 6.12. The molecule has 2 aliphatic carbocycles. The van der Waals surface area contributed by atoms with Crippen molar-refractivity contribution >= 4 is 0 Å². The van der Waals surface area contributed by atoms with Crippen molar-refractivity contribution in [2.45, 2.75) is 76.2 Å². The van der Waals surface area contributed by atoms with E-state index in [0.717, 1.165) is 19.1 Å². The van der Waals surface area contributed by atoms with Gasteiger partial charge in [0.1, 0.15) is 0 Å². The van der Waals surface area contributed by atoms with Crippen molar-refractivity contribution in [1.82, 2.24) is 0 Å². The molecule has 2 aliphatic rings. The van der Waals surface area contributed by atoms with Crippen molar-refractivity contribution in [2.75, 3.05) is 13.2 Å². The number of ether oxygens (including phenoxy) is 1. The Kier molecular flexibility index (Phi) is 5.30. The molecule has 100 valence electrons. The lowest BCUT2D eigenvalue weighted by atomic mass is 9.84. The van der Waals surface area contributed by atoms with E-state index in [1.54, 1.807) is 0 Å². The summed E-state index contributed by atoms with van der Waals surface area (Å²) in [6.45, 7) is 1.69. The fraction of sp³-hybridized carbons (Fsp3) is 1.00. The summed E-state index contributed by atoms with van der Waals surface area (Å²) in [4.78, 5) is 0. The number of rotatable bonds is 4. The predicted octanol–water partition coefficient (Wildman–Crippen LogP) is 3.64. The predicted molar refractivity (Wildman–Crippen MR) is 72.0 cm³/mol. The molecule has 0 bridgehead atoms. The standard InChI is InChI=1S/C15H29NO/c16-13-15(10-6-3-7-11-15)17-12-14-8-4-1-2-5-9-14/h14H,1-13,16H2. The Morgan fingerprint density at radius 2 is 1.47 bits per heavy atom. The van der Waals surface area contributed by atoms with Gasteiger partial charge in [0.2, 0.25) is 0 Å². The van der Waals surface area contributed by atoms with E-state index >= 15 is 0 Å². The second kappa shape index (κ2) is 6.75. The fourth-order valence-electron chi connectivity index (χ4n) is 3.43. The molecular formula is C15H29NO.